The summed E-state index contributed by atoms with van der Waals surface area (Å²) in [5.41, 5.74) is 13.1. The summed E-state index contributed by atoms with van der Waals surface area (Å²) in [7, 11) is 3.06. The van der Waals surface area contributed by atoms with Crippen molar-refractivity contribution in [1.82, 2.24) is 4.90 Å². The number of nitrogens with zero attached hydrogens (tertiary/aromatic N) is 1. The molecule has 0 bridgehead atoms. The molecule has 0 atom stereocenters. The van der Waals surface area contributed by atoms with Crippen LogP contribution < -0.4 is 16.8 Å². The zero-order chi connectivity index (χ0) is 20.1. The number of hydrogen-bond acceptors (Lipinski definition) is 6. The highest BCUT2D eigenvalue weighted by atomic mass is 35.5. The Morgan fingerprint density at radius 2 is 1.67 bits per heavy atom. The van der Waals surface area contributed by atoms with Crippen LogP contribution in [0.3, 0.4) is 0 Å². The minimum atomic E-state index is -0.509. The fraction of sp³-hybridized carbons (Fsp3) is 0.105. The lowest BCUT2D eigenvalue weighted by molar-refractivity contribution is -0.120. The molecule has 0 saturated carbocycles. The van der Waals surface area contributed by atoms with Crippen LogP contribution in [0.25, 0.3) is 5.57 Å². The predicted octanol–water partition coefficient (Wildman–Crippen LogP) is 3.09. The van der Waals surface area contributed by atoms with Gasteiger partial charge < -0.3 is 21.7 Å². The van der Waals surface area contributed by atoms with E-state index in [0.29, 0.717) is 27.5 Å². The molecule has 0 spiro atoms. The van der Waals surface area contributed by atoms with Crippen molar-refractivity contribution < 1.29 is 4.79 Å². The molecule has 1 heterocycles. The van der Waals surface area contributed by atoms with Gasteiger partial charge in [0, 0.05) is 46.5 Å². The second-order valence-corrected chi connectivity index (χ2v) is 6.08. The lowest BCUT2D eigenvalue weighted by atomic mass is 9.94. The second kappa shape index (κ2) is 8.48. The topological polar surface area (TPSA) is 132 Å². The summed E-state index contributed by atoms with van der Waals surface area (Å²) in [6.07, 6.45) is 1.55. The fourth-order valence-electron chi connectivity index (χ4n) is 2.52. The van der Waals surface area contributed by atoms with E-state index in [1.54, 1.807) is 43.6 Å². The summed E-state index contributed by atoms with van der Waals surface area (Å²) in [6.45, 7) is 0. The number of carbonyl (C=O) groups excluding carboxylic acids is 1. The van der Waals surface area contributed by atoms with Crippen LogP contribution in [0.2, 0.25) is 5.02 Å². The van der Waals surface area contributed by atoms with Gasteiger partial charge in [0.25, 0.3) is 5.91 Å². The quantitative estimate of drug-likeness (QED) is 0.520. The van der Waals surface area contributed by atoms with Crippen molar-refractivity contribution in [2.45, 2.75) is 0 Å². The van der Waals surface area contributed by atoms with E-state index in [4.69, 9.17) is 28.2 Å². The van der Waals surface area contributed by atoms with Crippen LogP contribution in [0.5, 0.6) is 0 Å². The average molecular weight is 385 g/mol. The van der Waals surface area contributed by atoms with Crippen molar-refractivity contribution in [1.29, 1.82) is 10.8 Å². The highest BCUT2D eigenvalue weighted by molar-refractivity contribution is 6.75. The molecule has 0 aromatic heterocycles. The number of halogens is 1. The maximum atomic E-state index is 11.9. The van der Waals surface area contributed by atoms with Gasteiger partial charge in [-0.15, -0.1) is 0 Å². The first-order valence-electron chi connectivity index (χ1n) is 8.04. The molecule has 0 saturated heterocycles. The molecule has 1 aliphatic heterocycles. The van der Waals surface area contributed by atoms with Gasteiger partial charge in [-0.1, -0.05) is 11.6 Å². The number of hydrogen-bond donors (Lipinski definition) is 5. The number of carbonyl (C=O) groups is 1. The Morgan fingerprint density at radius 3 is 2.30 bits per heavy atom. The third kappa shape index (κ3) is 4.33. The second-order valence-electron chi connectivity index (χ2n) is 5.65. The highest BCUT2D eigenvalue weighted by Crippen LogP contribution is 2.32. The third-order valence-electron chi connectivity index (χ3n) is 3.83. The maximum absolute atomic E-state index is 11.9. The number of allylic oxidation sites excluding steroid dienone is 1. The number of nitrogens with one attached hydrogen (secondary N) is 3. The molecule has 1 amide bonds. The van der Waals surface area contributed by atoms with Crippen LogP contribution in [-0.4, -0.2) is 36.3 Å². The lowest BCUT2D eigenvalue weighted by Gasteiger charge is -2.24. The van der Waals surface area contributed by atoms with Crippen LogP contribution >= 0.6 is 11.6 Å². The summed E-state index contributed by atoms with van der Waals surface area (Å²) in [5.74, 6) is -0.509. The molecule has 0 radical (unpaired) electrons. The van der Waals surface area contributed by atoms with Gasteiger partial charge in [0.2, 0.25) is 0 Å². The van der Waals surface area contributed by atoms with E-state index >= 15 is 0 Å². The number of nitrogen functional groups attached to an aromatic ring is 1. The number of amides is 1. The zero-order valence-corrected chi connectivity index (χ0v) is 15.8. The minimum absolute atomic E-state index is 0.132. The molecule has 2 aromatic carbocycles. The Bertz CT molecular complexity index is 920. The van der Waals surface area contributed by atoms with E-state index < -0.39 is 5.91 Å². The zero-order valence-electron chi connectivity index (χ0n) is 15.0. The van der Waals surface area contributed by atoms with Crippen LogP contribution in [0, 0.1) is 10.8 Å². The van der Waals surface area contributed by atoms with E-state index in [1.165, 1.54) is 11.9 Å². The van der Waals surface area contributed by atoms with Gasteiger partial charge in [-0.05, 0) is 49.5 Å². The molecule has 0 aliphatic carbocycles. The highest BCUT2D eigenvalue weighted by Gasteiger charge is 2.28. The van der Waals surface area contributed by atoms with E-state index in [9.17, 15) is 4.79 Å². The van der Waals surface area contributed by atoms with E-state index in [0.717, 1.165) is 5.69 Å². The lowest BCUT2D eigenvalue weighted by Crippen LogP contribution is -2.38. The Hall–Kier alpha value is -3.16. The summed E-state index contributed by atoms with van der Waals surface area (Å²) < 4.78 is 0. The van der Waals surface area contributed by atoms with E-state index in [2.05, 4.69) is 11.1 Å². The monoisotopic (exact) mass is 384 g/mol. The van der Waals surface area contributed by atoms with Crippen molar-refractivity contribution in [3.8, 4) is 0 Å². The Kier molecular flexibility index (Phi) is 6.33. The van der Waals surface area contributed by atoms with Gasteiger partial charge in [-0.3, -0.25) is 15.6 Å². The van der Waals surface area contributed by atoms with E-state index in [-0.39, 0.29) is 11.4 Å². The summed E-state index contributed by atoms with van der Waals surface area (Å²) >= 11 is 5.91. The van der Waals surface area contributed by atoms with Gasteiger partial charge in [-0.25, -0.2) is 0 Å². The van der Waals surface area contributed by atoms with Gasteiger partial charge in [-0.2, -0.15) is 0 Å². The molecular weight excluding hydrogens is 364 g/mol. The molecule has 3 rings (SSSR count). The van der Waals surface area contributed by atoms with Crippen molar-refractivity contribution in [2.24, 2.45) is 5.73 Å². The third-order valence-corrected chi connectivity index (χ3v) is 4.09. The molecule has 140 valence electrons. The average Bonchev–Trinajstić information content (AvgIpc) is 2.68. The molecule has 0 unspecified atom stereocenters. The van der Waals surface area contributed by atoms with Crippen LogP contribution in [-0.2, 0) is 4.79 Å². The summed E-state index contributed by atoms with van der Waals surface area (Å²) in [6, 6.07) is 12.5. The van der Waals surface area contributed by atoms with Crippen molar-refractivity contribution >= 4 is 51.6 Å². The smallest absolute Gasteiger partial charge is 0.277 e. The van der Waals surface area contributed by atoms with E-state index in [1.807, 2.05) is 12.1 Å². The van der Waals surface area contributed by atoms with Crippen molar-refractivity contribution in [3.63, 3.8) is 0 Å². The summed E-state index contributed by atoms with van der Waals surface area (Å²) in [4.78, 5) is 13.1. The standard InChI is InChI=1S/C18H16ClN5O.CH5N/c1-24-9-14(16(21)17(22)18(24)25)13-8-11(20)4-7-15(13)23-12-5-2-10(19)3-6-12;1-2/h2-9,21-23H,20H2,1H3;2H2,1H3. The largest absolute Gasteiger partial charge is 0.399 e. The van der Waals surface area contributed by atoms with Crippen LogP contribution in [0.4, 0.5) is 17.1 Å². The molecule has 1 aliphatic rings. The molecular formula is C19H21ClN6O. The first kappa shape index (κ1) is 20.2. The predicted molar refractivity (Wildman–Crippen MR) is 112 cm³/mol. The fourth-order valence-corrected chi connectivity index (χ4v) is 2.65. The SMILES string of the molecule is CN.CN1C=C(c2cc(N)ccc2Nc2ccc(Cl)cc2)C(=N)C(=N)C1=O. The Morgan fingerprint density at radius 1 is 1.04 bits per heavy atom. The Labute approximate surface area is 162 Å². The maximum Gasteiger partial charge on any atom is 0.277 e. The number of rotatable bonds is 3. The Balaban J connectivity index is 0.00000126. The summed E-state index contributed by atoms with van der Waals surface area (Å²) in [5, 5.41) is 19.9. The normalized spacial score (nSPS) is 13.7. The first-order chi connectivity index (χ1) is 12.9. The molecule has 2 aromatic rings. The first-order valence-corrected chi connectivity index (χ1v) is 8.41. The number of benzene rings is 2. The molecule has 27 heavy (non-hydrogen) atoms. The molecule has 8 heteroatoms. The number of anilines is 3. The van der Waals surface area contributed by atoms with Crippen LogP contribution in [0.1, 0.15) is 5.56 Å². The molecule has 0 fully saturated rings. The minimum Gasteiger partial charge on any atom is -0.399 e. The van der Waals surface area contributed by atoms with Gasteiger partial charge in [0.1, 0.15) is 5.71 Å². The molecule has 7 N–H and O–H groups in total. The van der Waals surface area contributed by atoms with Crippen molar-refractivity contribution in [3.05, 3.63) is 59.3 Å². The number of nitrogens with two attached hydrogens (primary N) is 2. The van der Waals surface area contributed by atoms with Gasteiger partial charge in [0.15, 0.2) is 0 Å². The van der Waals surface area contributed by atoms with Gasteiger partial charge >= 0.3 is 0 Å². The molecule has 7 nitrogen and oxygen atoms in total. The van der Waals surface area contributed by atoms with Gasteiger partial charge in [0.05, 0.1) is 5.71 Å². The van der Waals surface area contributed by atoms with Crippen molar-refractivity contribution in [2.75, 3.05) is 25.1 Å². The van der Waals surface area contributed by atoms with Crippen LogP contribution in [0.15, 0.2) is 48.7 Å².